The molecule has 0 saturated carbocycles. The van der Waals surface area contributed by atoms with Gasteiger partial charge >= 0.3 is 0 Å². The molecular weight excluding hydrogens is 180 g/mol. The van der Waals surface area contributed by atoms with E-state index in [1.165, 1.54) is 64.2 Å². The van der Waals surface area contributed by atoms with Gasteiger partial charge < -0.3 is 0 Å². The fourth-order valence-electron chi connectivity index (χ4n) is 1.84. The molecule has 0 spiro atoms. The van der Waals surface area contributed by atoms with Gasteiger partial charge in [-0.25, -0.2) is 0 Å². The molecule has 0 unspecified atom stereocenters. The maximum absolute atomic E-state index is 3.86. The Morgan fingerprint density at radius 3 is 1.67 bits per heavy atom. The third-order valence-electron chi connectivity index (χ3n) is 2.86. The van der Waals surface area contributed by atoms with Crippen molar-refractivity contribution < 1.29 is 0 Å². The van der Waals surface area contributed by atoms with E-state index in [0.717, 1.165) is 6.42 Å². The molecule has 0 nitrogen and oxygen atoms in total. The summed E-state index contributed by atoms with van der Waals surface area (Å²) >= 11 is 0. The normalized spacial score (nSPS) is 11.3. The van der Waals surface area contributed by atoms with Crippen molar-refractivity contribution in [3.8, 4) is 0 Å². The van der Waals surface area contributed by atoms with E-state index in [0.29, 0.717) is 0 Å². The first-order valence-corrected chi connectivity index (χ1v) is 6.82. The zero-order valence-corrected chi connectivity index (χ0v) is 10.6. The standard InChI is InChI=1S/C15H29/c1-3-5-7-9-11-13-15-14-12-10-8-6-4-2/h4,6H,1,3,5,7-15H2,2H3/b6-4+. The van der Waals surface area contributed by atoms with E-state index in [9.17, 15) is 0 Å². The average Bonchev–Trinajstić information content (AvgIpc) is 2.26. The summed E-state index contributed by atoms with van der Waals surface area (Å²) in [6.45, 7) is 5.97. The molecule has 1 radical (unpaired) electrons. The van der Waals surface area contributed by atoms with Gasteiger partial charge in [0.25, 0.3) is 0 Å². The highest BCUT2D eigenvalue weighted by Crippen LogP contribution is 2.11. The largest absolute Gasteiger partial charge is 0.0917 e. The predicted molar refractivity (Wildman–Crippen MR) is 71.0 cm³/mol. The van der Waals surface area contributed by atoms with Gasteiger partial charge in [0.15, 0.2) is 0 Å². The second-order valence-electron chi connectivity index (χ2n) is 4.39. The summed E-state index contributed by atoms with van der Waals surface area (Å²) in [5, 5.41) is 0. The third-order valence-corrected chi connectivity index (χ3v) is 2.86. The molecule has 0 heterocycles. The summed E-state index contributed by atoms with van der Waals surface area (Å²) in [7, 11) is 0. The molecule has 0 saturated heterocycles. The second-order valence-corrected chi connectivity index (χ2v) is 4.39. The Bertz CT molecular complexity index is 124. The zero-order chi connectivity index (χ0) is 11.2. The Morgan fingerprint density at radius 1 is 0.733 bits per heavy atom. The van der Waals surface area contributed by atoms with Crippen LogP contribution in [0.5, 0.6) is 0 Å². The van der Waals surface area contributed by atoms with Gasteiger partial charge in [0.05, 0.1) is 0 Å². The van der Waals surface area contributed by atoms with E-state index in [1.807, 2.05) is 0 Å². The summed E-state index contributed by atoms with van der Waals surface area (Å²) in [6.07, 6.45) is 19.5. The average molecular weight is 209 g/mol. The van der Waals surface area contributed by atoms with Crippen molar-refractivity contribution in [1.29, 1.82) is 0 Å². The highest BCUT2D eigenvalue weighted by atomic mass is 14.0. The van der Waals surface area contributed by atoms with Gasteiger partial charge in [-0.05, 0) is 19.8 Å². The summed E-state index contributed by atoms with van der Waals surface area (Å²) in [4.78, 5) is 0. The minimum Gasteiger partial charge on any atom is -0.0917 e. The molecule has 89 valence electrons. The van der Waals surface area contributed by atoms with Crippen LogP contribution in [0.1, 0.15) is 77.6 Å². The first-order chi connectivity index (χ1) is 7.41. The van der Waals surface area contributed by atoms with E-state index in [2.05, 4.69) is 26.0 Å². The predicted octanol–water partition coefficient (Wildman–Crippen LogP) is 5.69. The number of hydrogen-bond donors (Lipinski definition) is 0. The maximum Gasteiger partial charge on any atom is -0.0351 e. The van der Waals surface area contributed by atoms with Gasteiger partial charge in [0.1, 0.15) is 0 Å². The topological polar surface area (TPSA) is 0 Å². The third kappa shape index (κ3) is 13.7. The summed E-state index contributed by atoms with van der Waals surface area (Å²) in [6, 6.07) is 0. The van der Waals surface area contributed by atoms with E-state index in [-0.39, 0.29) is 0 Å². The maximum atomic E-state index is 3.86. The molecular formula is C15H29. The number of unbranched alkanes of at least 4 members (excludes halogenated alkanes) is 10. The molecule has 0 amide bonds. The van der Waals surface area contributed by atoms with Crippen molar-refractivity contribution >= 4 is 0 Å². The smallest absolute Gasteiger partial charge is 0.0351 e. The minimum atomic E-state index is 1.12. The lowest BCUT2D eigenvalue weighted by Gasteiger charge is -2.01. The van der Waals surface area contributed by atoms with Crippen LogP contribution in [0.3, 0.4) is 0 Å². The van der Waals surface area contributed by atoms with Crippen LogP contribution in [-0.2, 0) is 0 Å². The van der Waals surface area contributed by atoms with Crippen LogP contribution >= 0.6 is 0 Å². The molecule has 0 heteroatoms. The van der Waals surface area contributed by atoms with Crippen LogP contribution in [0.4, 0.5) is 0 Å². The Balaban J connectivity index is 2.86. The molecule has 15 heavy (non-hydrogen) atoms. The summed E-state index contributed by atoms with van der Waals surface area (Å²) in [5.41, 5.74) is 0. The molecule has 0 aromatic heterocycles. The SMILES string of the molecule is [CH2]CCCCCCCCCCC/C=C/C. The second kappa shape index (κ2) is 13.7. The van der Waals surface area contributed by atoms with Crippen LogP contribution in [0, 0.1) is 6.92 Å². The quantitative estimate of drug-likeness (QED) is 0.303. The fraction of sp³-hybridized carbons (Fsp3) is 0.800. The summed E-state index contributed by atoms with van der Waals surface area (Å²) < 4.78 is 0. The van der Waals surface area contributed by atoms with Crippen LogP contribution in [0.25, 0.3) is 0 Å². The van der Waals surface area contributed by atoms with Gasteiger partial charge in [-0.3, -0.25) is 0 Å². The van der Waals surface area contributed by atoms with Crippen LogP contribution < -0.4 is 0 Å². The number of rotatable bonds is 11. The number of allylic oxidation sites excluding steroid dienone is 2. The Kier molecular flexibility index (Phi) is 13.5. The Labute approximate surface area is 97.2 Å². The van der Waals surface area contributed by atoms with E-state index >= 15 is 0 Å². The molecule has 0 atom stereocenters. The lowest BCUT2D eigenvalue weighted by molar-refractivity contribution is 0.561. The van der Waals surface area contributed by atoms with Crippen molar-refractivity contribution in [1.82, 2.24) is 0 Å². The highest BCUT2D eigenvalue weighted by Gasteiger charge is 1.91. The molecule has 0 aromatic carbocycles. The Morgan fingerprint density at radius 2 is 1.20 bits per heavy atom. The monoisotopic (exact) mass is 209 g/mol. The van der Waals surface area contributed by atoms with E-state index < -0.39 is 0 Å². The van der Waals surface area contributed by atoms with Crippen molar-refractivity contribution in [2.75, 3.05) is 0 Å². The molecule has 0 rings (SSSR count). The van der Waals surface area contributed by atoms with Gasteiger partial charge in [-0.2, -0.15) is 0 Å². The molecule has 0 aliphatic heterocycles. The van der Waals surface area contributed by atoms with Crippen molar-refractivity contribution in [3.63, 3.8) is 0 Å². The van der Waals surface area contributed by atoms with Gasteiger partial charge in [-0.15, -0.1) is 0 Å². The molecule has 0 bridgehead atoms. The van der Waals surface area contributed by atoms with E-state index in [4.69, 9.17) is 0 Å². The lowest BCUT2D eigenvalue weighted by Crippen LogP contribution is -1.81. The molecule has 0 N–H and O–H groups in total. The molecule has 0 fully saturated rings. The van der Waals surface area contributed by atoms with Crippen molar-refractivity contribution in [2.24, 2.45) is 0 Å². The minimum absolute atomic E-state index is 1.12. The number of hydrogen-bond acceptors (Lipinski definition) is 0. The first-order valence-electron chi connectivity index (χ1n) is 6.82. The first kappa shape index (κ1) is 14.7. The van der Waals surface area contributed by atoms with Gasteiger partial charge in [0.2, 0.25) is 0 Å². The highest BCUT2D eigenvalue weighted by molar-refractivity contribution is 4.76. The van der Waals surface area contributed by atoms with Crippen LogP contribution in [-0.4, -0.2) is 0 Å². The van der Waals surface area contributed by atoms with Gasteiger partial charge in [-0.1, -0.05) is 76.9 Å². The van der Waals surface area contributed by atoms with Gasteiger partial charge in [0, 0.05) is 0 Å². The van der Waals surface area contributed by atoms with Crippen molar-refractivity contribution in [2.45, 2.75) is 77.6 Å². The van der Waals surface area contributed by atoms with E-state index in [1.54, 1.807) is 0 Å². The van der Waals surface area contributed by atoms with Crippen LogP contribution in [0.15, 0.2) is 12.2 Å². The molecule has 0 aliphatic carbocycles. The van der Waals surface area contributed by atoms with Crippen LogP contribution in [0.2, 0.25) is 0 Å². The fourth-order valence-corrected chi connectivity index (χ4v) is 1.84. The summed E-state index contributed by atoms with van der Waals surface area (Å²) in [5.74, 6) is 0. The van der Waals surface area contributed by atoms with Crippen molar-refractivity contribution in [3.05, 3.63) is 19.1 Å². The Hall–Kier alpha value is -0.260. The lowest BCUT2D eigenvalue weighted by atomic mass is 10.1. The zero-order valence-electron chi connectivity index (χ0n) is 10.6. The molecule has 0 aromatic rings. The molecule has 0 aliphatic rings.